The van der Waals surface area contributed by atoms with Crippen LogP contribution in [0.5, 0.6) is 0 Å². The number of piperazine rings is 1. The number of nitrogens with zero attached hydrogens (tertiary/aromatic N) is 3. The molecule has 0 unspecified atom stereocenters. The van der Waals surface area contributed by atoms with Gasteiger partial charge in [0.25, 0.3) is 11.8 Å². The number of rotatable bonds is 3. The van der Waals surface area contributed by atoms with Crippen LogP contribution in [0.15, 0.2) is 42.5 Å². The summed E-state index contributed by atoms with van der Waals surface area (Å²) in [4.78, 5) is 28.3. The second-order valence-electron chi connectivity index (χ2n) is 7.50. The molecule has 1 heterocycles. The van der Waals surface area contributed by atoms with Crippen molar-refractivity contribution in [3.63, 3.8) is 0 Å². The van der Waals surface area contributed by atoms with Gasteiger partial charge in [-0.1, -0.05) is 18.2 Å². The molecule has 2 amide bonds. The smallest absolute Gasteiger partial charge is 0.254 e. The largest absolute Gasteiger partial charge is 0.380 e. The summed E-state index contributed by atoms with van der Waals surface area (Å²) >= 11 is 0. The van der Waals surface area contributed by atoms with Crippen LogP contribution in [0.1, 0.15) is 28.8 Å². The average Bonchev–Trinajstić information content (AvgIpc) is 3.51. The van der Waals surface area contributed by atoms with Crippen molar-refractivity contribution >= 4 is 11.8 Å². The van der Waals surface area contributed by atoms with Crippen LogP contribution in [0.3, 0.4) is 0 Å². The highest BCUT2D eigenvalue weighted by Gasteiger charge is 2.50. The zero-order chi connectivity index (χ0) is 20.6. The fourth-order valence-electron chi connectivity index (χ4n) is 3.57. The van der Waals surface area contributed by atoms with E-state index in [2.05, 4.69) is 0 Å². The zero-order valence-electron chi connectivity index (χ0n) is 15.8. The maximum atomic E-state index is 13.3. The molecule has 4 rings (SSSR count). The van der Waals surface area contributed by atoms with Crippen LogP contribution in [0.4, 0.5) is 4.39 Å². The number of carbonyl (C=O) groups excluding carboxylic acids is 2. The number of aliphatic hydroxyl groups is 1. The number of hydrogen-bond acceptors (Lipinski definition) is 4. The van der Waals surface area contributed by atoms with E-state index >= 15 is 0 Å². The summed E-state index contributed by atoms with van der Waals surface area (Å²) in [6, 6.07) is 12.9. The summed E-state index contributed by atoms with van der Waals surface area (Å²) in [5, 5.41) is 19.2. The van der Waals surface area contributed by atoms with Crippen molar-refractivity contribution in [2.24, 2.45) is 0 Å². The van der Waals surface area contributed by atoms with Crippen LogP contribution in [-0.2, 0) is 4.79 Å². The van der Waals surface area contributed by atoms with Crippen LogP contribution < -0.4 is 0 Å². The number of hydrogen-bond donors (Lipinski definition) is 1. The fraction of sp³-hybridized carbons (Fsp3) is 0.318. The van der Waals surface area contributed by atoms with Gasteiger partial charge in [-0.15, -0.1) is 0 Å². The van der Waals surface area contributed by atoms with Crippen molar-refractivity contribution in [1.82, 2.24) is 9.80 Å². The third-order valence-electron chi connectivity index (χ3n) is 5.52. The molecule has 2 fully saturated rings. The standard InChI is InChI=1S/C22H20FN3O3/c23-18-5-6-19(17(13-18)14-24)15-1-3-16(4-2-15)20(27)25-9-11-26(12-10-25)21(28)22(29)7-8-22/h1-6,13,29H,7-12H2. The molecule has 0 spiro atoms. The van der Waals surface area contributed by atoms with Gasteiger partial charge in [0.1, 0.15) is 11.4 Å². The van der Waals surface area contributed by atoms with Gasteiger partial charge in [-0.3, -0.25) is 9.59 Å². The summed E-state index contributed by atoms with van der Waals surface area (Å²) < 4.78 is 13.3. The molecule has 2 aromatic carbocycles. The molecule has 6 nitrogen and oxygen atoms in total. The molecule has 0 radical (unpaired) electrons. The minimum atomic E-state index is -1.18. The number of halogens is 1. The molecule has 0 aromatic heterocycles. The third kappa shape index (κ3) is 3.71. The van der Waals surface area contributed by atoms with Crippen molar-refractivity contribution in [3.05, 3.63) is 59.4 Å². The van der Waals surface area contributed by atoms with Crippen LogP contribution in [0.25, 0.3) is 11.1 Å². The first-order valence-corrected chi connectivity index (χ1v) is 9.52. The number of nitriles is 1. The lowest BCUT2D eigenvalue weighted by Gasteiger charge is -2.35. The Balaban J connectivity index is 1.43. The van der Waals surface area contributed by atoms with Gasteiger partial charge in [0.05, 0.1) is 11.6 Å². The molecule has 0 atom stereocenters. The summed E-state index contributed by atoms with van der Waals surface area (Å²) in [7, 11) is 0. The van der Waals surface area contributed by atoms with Crippen LogP contribution >= 0.6 is 0 Å². The molecule has 0 bridgehead atoms. The molecule has 7 heteroatoms. The summed E-state index contributed by atoms with van der Waals surface area (Å²) in [5.74, 6) is -0.835. The molecule has 1 saturated carbocycles. The normalized spacial score (nSPS) is 17.6. The summed E-state index contributed by atoms with van der Waals surface area (Å²) in [6.45, 7) is 1.65. The van der Waals surface area contributed by atoms with Gasteiger partial charge in [0.15, 0.2) is 0 Å². The van der Waals surface area contributed by atoms with Crippen molar-refractivity contribution in [2.75, 3.05) is 26.2 Å². The zero-order valence-corrected chi connectivity index (χ0v) is 15.8. The molecule has 1 saturated heterocycles. The monoisotopic (exact) mass is 393 g/mol. The SMILES string of the molecule is N#Cc1cc(F)ccc1-c1ccc(C(=O)N2CCN(C(=O)C3(O)CC3)CC2)cc1. The molecule has 2 aliphatic rings. The van der Waals surface area contributed by atoms with Crippen LogP contribution in [-0.4, -0.2) is 58.5 Å². The number of carbonyl (C=O) groups is 2. The Morgan fingerprint density at radius 1 is 1.00 bits per heavy atom. The molecule has 1 N–H and O–H groups in total. The van der Waals surface area contributed by atoms with Gasteiger partial charge < -0.3 is 14.9 Å². The average molecular weight is 393 g/mol. The molecule has 29 heavy (non-hydrogen) atoms. The molecular weight excluding hydrogens is 373 g/mol. The lowest BCUT2D eigenvalue weighted by atomic mass is 9.99. The Morgan fingerprint density at radius 3 is 2.21 bits per heavy atom. The van der Waals surface area contributed by atoms with Crippen molar-refractivity contribution in [3.8, 4) is 17.2 Å². The number of amides is 2. The van der Waals surface area contributed by atoms with E-state index in [0.717, 1.165) is 5.56 Å². The van der Waals surface area contributed by atoms with E-state index in [-0.39, 0.29) is 17.4 Å². The predicted molar refractivity (Wildman–Crippen MR) is 103 cm³/mol. The van der Waals surface area contributed by atoms with E-state index in [9.17, 15) is 24.3 Å². The second-order valence-corrected chi connectivity index (χ2v) is 7.50. The van der Waals surface area contributed by atoms with E-state index in [0.29, 0.717) is 50.1 Å². The third-order valence-corrected chi connectivity index (χ3v) is 5.52. The van der Waals surface area contributed by atoms with Crippen molar-refractivity contribution in [2.45, 2.75) is 18.4 Å². The molecular formula is C22H20FN3O3. The topological polar surface area (TPSA) is 84.6 Å². The minimum absolute atomic E-state index is 0.131. The first-order valence-electron chi connectivity index (χ1n) is 9.52. The maximum Gasteiger partial charge on any atom is 0.254 e. The Labute approximate surface area is 167 Å². The van der Waals surface area contributed by atoms with E-state index in [1.54, 1.807) is 40.1 Å². The lowest BCUT2D eigenvalue weighted by molar-refractivity contribution is -0.143. The van der Waals surface area contributed by atoms with Crippen LogP contribution in [0, 0.1) is 17.1 Å². The van der Waals surface area contributed by atoms with Gasteiger partial charge in [0.2, 0.25) is 0 Å². The van der Waals surface area contributed by atoms with E-state index in [1.165, 1.54) is 12.1 Å². The first kappa shape index (κ1) is 19.1. The van der Waals surface area contributed by atoms with Gasteiger partial charge in [-0.05, 0) is 48.2 Å². The maximum absolute atomic E-state index is 13.3. The van der Waals surface area contributed by atoms with Crippen LogP contribution in [0.2, 0.25) is 0 Å². The Hall–Kier alpha value is -3.24. The van der Waals surface area contributed by atoms with E-state index in [4.69, 9.17) is 0 Å². The second kappa shape index (κ2) is 7.30. The number of benzene rings is 2. The lowest BCUT2D eigenvalue weighted by Crippen LogP contribution is -2.53. The molecule has 148 valence electrons. The van der Waals surface area contributed by atoms with Gasteiger partial charge in [-0.2, -0.15) is 5.26 Å². The highest BCUT2D eigenvalue weighted by molar-refractivity contribution is 5.95. The van der Waals surface area contributed by atoms with Gasteiger partial charge >= 0.3 is 0 Å². The first-order chi connectivity index (χ1) is 13.9. The Morgan fingerprint density at radius 2 is 1.62 bits per heavy atom. The van der Waals surface area contributed by atoms with Gasteiger partial charge in [-0.25, -0.2) is 4.39 Å². The molecule has 1 aliphatic carbocycles. The van der Waals surface area contributed by atoms with E-state index in [1.807, 2.05) is 6.07 Å². The summed E-state index contributed by atoms with van der Waals surface area (Å²) in [5.41, 5.74) is 0.909. The quantitative estimate of drug-likeness (QED) is 0.866. The van der Waals surface area contributed by atoms with E-state index < -0.39 is 11.4 Å². The Bertz CT molecular complexity index is 1000. The Kier molecular flexibility index (Phi) is 4.81. The van der Waals surface area contributed by atoms with Crippen molar-refractivity contribution in [1.29, 1.82) is 5.26 Å². The predicted octanol–water partition coefficient (Wildman–Crippen LogP) is 2.17. The minimum Gasteiger partial charge on any atom is -0.380 e. The highest BCUT2D eigenvalue weighted by Crippen LogP contribution is 2.37. The highest BCUT2D eigenvalue weighted by atomic mass is 19.1. The fourth-order valence-corrected chi connectivity index (χ4v) is 3.57. The summed E-state index contributed by atoms with van der Waals surface area (Å²) in [6.07, 6.45) is 1.03. The molecule has 1 aliphatic heterocycles. The molecule has 2 aromatic rings. The van der Waals surface area contributed by atoms with Gasteiger partial charge in [0, 0.05) is 31.7 Å². The van der Waals surface area contributed by atoms with Crippen molar-refractivity contribution < 1.29 is 19.1 Å².